The van der Waals surface area contributed by atoms with E-state index in [9.17, 15) is 0 Å². The van der Waals surface area contributed by atoms with E-state index in [0.717, 1.165) is 5.69 Å². The summed E-state index contributed by atoms with van der Waals surface area (Å²) in [6.07, 6.45) is 0. The van der Waals surface area contributed by atoms with E-state index < -0.39 is 0 Å². The molecule has 0 unspecified atom stereocenters. The van der Waals surface area contributed by atoms with E-state index in [1.54, 1.807) is 0 Å². The Labute approximate surface area is 63.4 Å². The number of halogens is 1. The maximum atomic E-state index is 4.78. The molecule has 0 amide bonds. The Balaban J connectivity index is 0.000000640. The zero-order valence-electron chi connectivity index (χ0n) is 4.61. The predicted octanol–water partition coefficient (Wildman–Crippen LogP) is 0.955. The Morgan fingerprint density at radius 3 is 3.00 bits per heavy atom. The van der Waals surface area contributed by atoms with Gasteiger partial charge in [0.25, 0.3) is 0 Å². The first-order chi connectivity index (χ1) is 3.93. The molecule has 0 bridgehead atoms. The third kappa shape index (κ3) is 2.76. The van der Waals surface area contributed by atoms with Gasteiger partial charge in [-0.2, -0.15) is 4.37 Å². The average molecular weight is 167 g/mol. The van der Waals surface area contributed by atoms with Gasteiger partial charge in [-0.3, -0.25) is 4.84 Å². The molecule has 0 saturated heterocycles. The fourth-order valence-corrected chi connectivity index (χ4v) is 0.925. The van der Waals surface area contributed by atoms with Crippen LogP contribution in [0.3, 0.4) is 0 Å². The van der Waals surface area contributed by atoms with Crippen molar-refractivity contribution in [3.8, 4) is 0 Å². The lowest BCUT2D eigenvalue weighted by atomic mass is 10.5. The van der Waals surface area contributed by atoms with Crippen LogP contribution in [-0.4, -0.2) is 4.37 Å². The highest BCUT2D eigenvalue weighted by atomic mass is 35.5. The van der Waals surface area contributed by atoms with Crippen LogP contribution in [0, 0.1) is 0 Å². The Hall–Kier alpha value is -0.160. The highest BCUT2D eigenvalue weighted by Gasteiger charge is 1.89. The minimum atomic E-state index is 0. The molecule has 0 aliphatic carbocycles. The summed E-state index contributed by atoms with van der Waals surface area (Å²) in [7, 11) is 0. The summed E-state index contributed by atoms with van der Waals surface area (Å²) in [6.45, 7) is 0.406. The monoisotopic (exact) mass is 166 g/mol. The van der Waals surface area contributed by atoms with Gasteiger partial charge >= 0.3 is 0 Å². The molecule has 2 N–H and O–H groups in total. The van der Waals surface area contributed by atoms with Crippen LogP contribution in [-0.2, 0) is 11.4 Å². The van der Waals surface area contributed by atoms with E-state index in [2.05, 4.69) is 9.21 Å². The molecule has 0 saturated carbocycles. The molecule has 1 aromatic heterocycles. The first-order valence-electron chi connectivity index (χ1n) is 2.14. The SMILES string of the molecule is Cl.NOCc1ccsn1. The Kier molecular flexibility index (Phi) is 4.61. The van der Waals surface area contributed by atoms with Crippen LogP contribution in [0.15, 0.2) is 11.4 Å². The summed E-state index contributed by atoms with van der Waals surface area (Å²) in [5.74, 6) is 4.78. The topological polar surface area (TPSA) is 48.1 Å². The number of rotatable bonds is 2. The van der Waals surface area contributed by atoms with Crippen LogP contribution in [0.5, 0.6) is 0 Å². The van der Waals surface area contributed by atoms with Crippen molar-refractivity contribution in [1.29, 1.82) is 0 Å². The van der Waals surface area contributed by atoms with Crippen molar-refractivity contribution in [3.63, 3.8) is 0 Å². The minimum absolute atomic E-state index is 0. The summed E-state index contributed by atoms with van der Waals surface area (Å²) < 4.78 is 3.94. The van der Waals surface area contributed by atoms with Crippen LogP contribution in [0.1, 0.15) is 5.69 Å². The normalized spacial score (nSPS) is 8.56. The smallest absolute Gasteiger partial charge is 0.111 e. The lowest BCUT2D eigenvalue weighted by molar-refractivity contribution is 0.122. The molecule has 0 atom stereocenters. The first-order valence-corrected chi connectivity index (χ1v) is 2.98. The van der Waals surface area contributed by atoms with Crippen molar-refractivity contribution < 1.29 is 4.84 Å². The van der Waals surface area contributed by atoms with Crippen molar-refractivity contribution in [3.05, 3.63) is 17.1 Å². The molecule has 5 heteroatoms. The first kappa shape index (κ1) is 8.84. The Morgan fingerprint density at radius 2 is 2.56 bits per heavy atom. The molecule has 52 valence electrons. The summed E-state index contributed by atoms with van der Waals surface area (Å²) in [5, 5.41) is 1.88. The second-order valence-corrected chi connectivity index (χ2v) is 1.97. The molecule has 9 heavy (non-hydrogen) atoms. The van der Waals surface area contributed by atoms with Crippen LogP contribution >= 0.6 is 23.9 Å². The number of nitrogens with two attached hydrogens (primary N) is 1. The number of hydrogen-bond donors (Lipinski definition) is 1. The maximum absolute atomic E-state index is 4.78. The molecule has 1 aromatic rings. The summed E-state index contributed by atoms with van der Waals surface area (Å²) in [6, 6.07) is 1.87. The lowest BCUT2D eigenvalue weighted by Gasteiger charge is -1.87. The van der Waals surface area contributed by atoms with E-state index in [0.29, 0.717) is 6.61 Å². The van der Waals surface area contributed by atoms with Crippen molar-refractivity contribution in [2.45, 2.75) is 6.61 Å². The molecule has 0 aliphatic heterocycles. The molecule has 0 aliphatic rings. The van der Waals surface area contributed by atoms with Crippen LogP contribution in [0.25, 0.3) is 0 Å². The molecule has 0 aromatic carbocycles. The standard InChI is InChI=1S/C4H6N2OS.ClH/c5-7-3-4-1-2-8-6-4;/h1-2H,3,5H2;1H. The maximum Gasteiger partial charge on any atom is 0.111 e. The summed E-state index contributed by atoms with van der Waals surface area (Å²) in [5.41, 5.74) is 0.887. The molecular weight excluding hydrogens is 160 g/mol. The molecule has 0 spiro atoms. The van der Waals surface area contributed by atoms with E-state index in [-0.39, 0.29) is 12.4 Å². The zero-order valence-corrected chi connectivity index (χ0v) is 6.24. The number of nitrogens with zero attached hydrogens (tertiary/aromatic N) is 1. The van der Waals surface area contributed by atoms with E-state index in [1.165, 1.54) is 11.5 Å². The van der Waals surface area contributed by atoms with Gasteiger partial charge < -0.3 is 0 Å². The molecule has 3 nitrogen and oxygen atoms in total. The second-order valence-electron chi connectivity index (χ2n) is 1.30. The van der Waals surface area contributed by atoms with Crippen molar-refractivity contribution in [2.24, 2.45) is 5.90 Å². The largest absolute Gasteiger partial charge is 0.298 e. The summed E-state index contributed by atoms with van der Waals surface area (Å²) in [4.78, 5) is 4.33. The van der Waals surface area contributed by atoms with Crippen LogP contribution in [0.2, 0.25) is 0 Å². The van der Waals surface area contributed by atoms with Gasteiger partial charge in [-0.05, 0) is 17.6 Å². The fraction of sp³-hybridized carbons (Fsp3) is 0.250. The van der Waals surface area contributed by atoms with Crippen molar-refractivity contribution in [1.82, 2.24) is 4.37 Å². The highest BCUT2D eigenvalue weighted by Crippen LogP contribution is 1.98. The van der Waals surface area contributed by atoms with E-state index in [1.807, 2.05) is 11.4 Å². The number of hydrogen-bond acceptors (Lipinski definition) is 4. The fourth-order valence-electron chi connectivity index (χ4n) is 0.397. The average Bonchev–Trinajstić information content (AvgIpc) is 2.19. The van der Waals surface area contributed by atoms with Gasteiger partial charge in [0.1, 0.15) is 6.61 Å². The van der Waals surface area contributed by atoms with Gasteiger partial charge in [-0.15, -0.1) is 12.4 Å². The van der Waals surface area contributed by atoms with Crippen molar-refractivity contribution in [2.75, 3.05) is 0 Å². The Bertz CT molecular complexity index is 144. The van der Waals surface area contributed by atoms with Crippen molar-refractivity contribution >= 4 is 23.9 Å². The lowest BCUT2D eigenvalue weighted by Crippen LogP contribution is -1.98. The quantitative estimate of drug-likeness (QED) is 0.666. The van der Waals surface area contributed by atoms with Crippen LogP contribution in [0.4, 0.5) is 0 Å². The molecule has 0 fully saturated rings. The molecular formula is C4H7ClN2OS. The minimum Gasteiger partial charge on any atom is -0.298 e. The molecule has 1 rings (SSSR count). The second kappa shape index (κ2) is 4.69. The molecule has 1 heterocycles. The van der Waals surface area contributed by atoms with Gasteiger partial charge in [0.15, 0.2) is 0 Å². The van der Waals surface area contributed by atoms with Gasteiger partial charge in [0.2, 0.25) is 0 Å². The number of aromatic nitrogens is 1. The van der Waals surface area contributed by atoms with E-state index in [4.69, 9.17) is 5.90 Å². The van der Waals surface area contributed by atoms with Gasteiger partial charge in [0, 0.05) is 5.38 Å². The predicted molar refractivity (Wildman–Crippen MR) is 38.3 cm³/mol. The molecule has 0 radical (unpaired) electrons. The van der Waals surface area contributed by atoms with Crippen LogP contribution < -0.4 is 5.90 Å². The highest BCUT2D eigenvalue weighted by molar-refractivity contribution is 7.03. The van der Waals surface area contributed by atoms with E-state index >= 15 is 0 Å². The summed E-state index contributed by atoms with van der Waals surface area (Å²) >= 11 is 1.39. The third-order valence-electron chi connectivity index (χ3n) is 0.722. The Morgan fingerprint density at radius 1 is 1.78 bits per heavy atom. The zero-order chi connectivity index (χ0) is 5.82. The van der Waals surface area contributed by atoms with Gasteiger partial charge in [-0.25, -0.2) is 5.90 Å². The van der Waals surface area contributed by atoms with Gasteiger partial charge in [-0.1, -0.05) is 0 Å². The van der Waals surface area contributed by atoms with Gasteiger partial charge in [0.05, 0.1) is 5.69 Å². The third-order valence-corrected chi connectivity index (χ3v) is 1.32.